The second kappa shape index (κ2) is 3.99. The molecule has 1 aliphatic rings. The lowest BCUT2D eigenvalue weighted by Gasteiger charge is -2.33. The lowest BCUT2D eigenvalue weighted by atomic mass is 9.88. The van der Waals surface area contributed by atoms with Gasteiger partial charge in [0, 0.05) is 0 Å². The second-order valence-corrected chi connectivity index (χ2v) is 5.85. The molecule has 84 valence electrons. The first-order valence-corrected chi connectivity index (χ1v) is 6.74. The van der Waals surface area contributed by atoms with Crippen LogP contribution in [0.2, 0.25) is 0 Å². The van der Waals surface area contributed by atoms with E-state index >= 15 is 0 Å². The zero-order valence-corrected chi connectivity index (χ0v) is 10.8. The predicted octanol–water partition coefficient (Wildman–Crippen LogP) is 2.16. The number of nitrogens with zero attached hydrogens (tertiary/aromatic N) is 3. The maximum Gasteiger partial charge on any atom is 0.219 e. The van der Waals surface area contributed by atoms with Crippen molar-refractivity contribution in [2.75, 3.05) is 0 Å². The van der Waals surface area contributed by atoms with Crippen molar-refractivity contribution in [3.8, 4) is 0 Å². The van der Waals surface area contributed by atoms with Crippen molar-refractivity contribution >= 4 is 22.5 Å². The topological polar surface area (TPSA) is 39.9 Å². The summed E-state index contributed by atoms with van der Waals surface area (Å²) < 4.78 is 7.70. The van der Waals surface area contributed by atoms with Crippen LogP contribution in [0.3, 0.4) is 0 Å². The number of ether oxygens (including phenoxy) is 1. The van der Waals surface area contributed by atoms with Gasteiger partial charge in [0.05, 0.1) is 12.6 Å². The van der Waals surface area contributed by atoms with Gasteiger partial charge in [0.25, 0.3) is 0 Å². The van der Waals surface area contributed by atoms with E-state index < -0.39 is 0 Å². The second-order valence-electron chi connectivity index (χ2n) is 4.75. The molecule has 0 bridgehead atoms. The smallest absolute Gasteiger partial charge is 0.219 e. The predicted molar refractivity (Wildman–Crippen MR) is 62.9 cm³/mol. The standard InChI is InChI=1S/C9H15N3OS2/c1-9(2,3)6-4-12-7(5-13-6)10-8(11-12)15-14/h6,14H,4-5H2,1-3H3. The summed E-state index contributed by atoms with van der Waals surface area (Å²) in [5, 5.41) is 5.05. The lowest BCUT2D eigenvalue weighted by molar-refractivity contribution is -0.0624. The summed E-state index contributed by atoms with van der Waals surface area (Å²) >= 11 is 4.09. The Morgan fingerprint density at radius 2 is 2.27 bits per heavy atom. The zero-order chi connectivity index (χ0) is 11.1. The number of rotatable bonds is 1. The van der Waals surface area contributed by atoms with E-state index in [0.29, 0.717) is 11.8 Å². The molecule has 0 amide bonds. The summed E-state index contributed by atoms with van der Waals surface area (Å²) in [5.74, 6) is 0.895. The van der Waals surface area contributed by atoms with E-state index in [4.69, 9.17) is 4.74 Å². The SMILES string of the molecule is CC(C)(C)C1Cn2nc(SS)nc2CO1. The molecule has 1 atom stereocenters. The summed E-state index contributed by atoms with van der Waals surface area (Å²) in [6.07, 6.45) is 0.199. The van der Waals surface area contributed by atoms with Gasteiger partial charge in [-0.05, 0) is 16.2 Å². The minimum Gasteiger partial charge on any atom is -0.368 e. The van der Waals surface area contributed by atoms with Crippen LogP contribution in [0.1, 0.15) is 26.6 Å². The van der Waals surface area contributed by atoms with Gasteiger partial charge in [-0.3, -0.25) is 0 Å². The molecule has 0 aliphatic carbocycles. The number of fused-ring (bicyclic) bond motifs is 1. The van der Waals surface area contributed by atoms with Crippen LogP contribution in [-0.4, -0.2) is 20.9 Å². The van der Waals surface area contributed by atoms with E-state index in [1.54, 1.807) is 0 Å². The Balaban J connectivity index is 2.19. The van der Waals surface area contributed by atoms with E-state index in [9.17, 15) is 0 Å². The fourth-order valence-electron chi connectivity index (χ4n) is 1.55. The van der Waals surface area contributed by atoms with Gasteiger partial charge in [-0.25, -0.2) is 9.67 Å². The van der Waals surface area contributed by atoms with Crippen molar-refractivity contribution in [1.82, 2.24) is 14.8 Å². The Kier molecular flexibility index (Phi) is 3.00. The zero-order valence-electron chi connectivity index (χ0n) is 9.10. The van der Waals surface area contributed by atoms with Gasteiger partial charge in [0.1, 0.15) is 6.61 Å². The molecule has 0 saturated carbocycles. The van der Waals surface area contributed by atoms with Gasteiger partial charge < -0.3 is 4.74 Å². The molecule has 1 unspecified atom stereocenters. The number of hydrogen-bond acceptors (Lipinski definition) is 5. The molecule has 0 spiro atoms. The molecule has 2 heterocycles. The first-order valence-electron chi connectivity index (χ1n) is 4.87. The average molecular weight is 245 g/mol. The molecule has 0 radical (unpaired) electrons. The average Bonchev–Trinajstić information content (AvgIpc) is 2.57. The molecule has 4 nitrogen and oxygen atoms in total. The normalized spacial score (nSPS) is 21.5. The quantitative estimate of drug-likeness (QED) is 0.608. The van der Waals surface area contributed by atoms with Crippen LogP contribution in [0.5, 0.6) is 0 Å². The lowest BCUT2D eigenvalue weighted by Crippen LogP contribution is -2.37. The molecule has 6 heteroatoms. The number of aromatic nitrogens is 3. The molecule has 0 saturated heterocycles. The van der Waals surface area contributed by atoms with Crippen LogP contribution in [0, 0.1) is 5.41 Å². The molecule has 1 aromatic heterocycles. The van der Waals surface area contributed by atoms with Crippen molar-refractivity contribution in [2.24, 2.45) is 5.41 Å². The van der Waals surface area contributed by atoms with E-state index in [2.05, 4.69) is 42.5 Å². The Labute approximate surface area is 98.6 Å². The van der Waals surface area contributed by atoms with Crippen molar-refractivity contribution in [3.63, 3.8) is 0 Å². The van der Waals surface area contributed by atoms with Crippen LogP contribution in [-0.2, 0) is 17.9 Å². The minimum atomic E-state index is 0.137. The molecule has 2 rings (SSSR count). The highest BCUT2D eigenvalue weighted by molar-refractivity contribution is 8.68. The molecule has 0 N–H and O–H groups in total. The Hall–Kier alpha value is -0.200. The summed E-state index contributed by atoms with van der Waals surface area (Å²) in [7, 11) is 1.27. The van der Waals surface area contributed by atoms with Gasteiger partial charge in [0.2, 0.25) is 5.16 Å². The monoisotopic (exact) mass is 245 g/mol. The van der Waals surface area contributed by atoms with E-state index in [-0.39, 0.29) is 11.5 Å². The van der Waals surface area contributed by atoms with Crippen LogP contribution in [0.25, 0.3) is 0 Å². The van der Waals surface area contributed by atoms with Gasteiger partial charge >= 0.3 is 0 Å². The number of hydrogen-bond donors (Lipinski definition) is 1. The van der Waals surface area contributed by atoms with Crippen molar-refractivity contribution in [2.45, 2.75) is 45.2 Å². The third kappa shape index (κ3) is 2.32. The fraction of sp³-hybridized carbons (Fsp3) is 0.778. The Bertz CT molecular complexity index is 359. The molecule has 1 aliphatic heterocycles. The minimum absolute atomic E-state index is 0.137. The van der Waals surface area contributed by atoms with Gasteiger partial charge in [-0.15, -0.1) is 16.8 Å². The largest absolute Gasteiger partial charge is 0.368 e. The molecule has 15 heavy (non-hydrogen) atoms. The highest BCUT2D eigenvalue weighted by Gasteiger charge is 2.31. The van der Waals surface area contributed by atoms with Crippen molar-refractivity contribution in [1.29, 1.82) is 0 Å². The third-order valence-corrected chi connectivity index (χ3v) is 3.35. The van der Waals surface area contributed by atoms with Crippen molar-refractivity contribution < 1.29 is 4.74 Å². The number of thiol groups is 1. The summed E-state index contributed by atoms with van der Waals surface area (Å²) in [4.78, 5) is 4.30. The van der Waals surface area contributed by atoms with Gasteiger partial charge in [-0.1, -0.05) is 20.8 Å². The maximum absolute atomic E-state index is 5.77. The van der Waals surface area contributed by atoms with Gasteiger partial charge in [-0.2, -0.15) is 0 Å². The molecule has 0 aromatic carbocycles. The molecule has 0 fully saturated rings. The molecule has 1 aromatic rings. The third-order valence-electron chi connectivity index (χ3n) is 2.53. The summed E-state index contributed by atoms with van der Waals surface area (Å²) in [6.45, 7) is 7.85. The highest BCUT2D eigenvalue weighted by atomic mass is 33.1. The maximum atomic E-state index is 5.77. The Morgan fingerprint density at radius 1 is 1.53 bits per heavy atom. The van der Waals surface area contributed by atoms with Crippen LogP contribution < -0.4 is 0 Å². The fourth-order valence-corrected chi connectivity index (χ4v) is 2.07. The highest BCUT2D eigenvalue weighted by Crippen LogP contribution is 2.28. The van der Waals surface area contributed by atoms with Crippen LogP contribution in [0.15, 0.2) is 5.16 Å². The summed E-state index contributed by atoms with van der Waals surface area (Å²) in [6, 6.07) is 0. The first kappa shape index (κ1) is 11.3. The molecular formula is C9H15N3OS2. The van der Waals surface area contributed by atoms with E-state index in [0.717, 1.165) is 12.4 Å². The van der Waals surface area contributed by atoms with Crippen molar-refractivity contribution in [3.05, 3.63) is 5.82 Å². The first-order chi connectivity index (χ1) is 7.00. The van der Waals surface area contributed by atoms with E-state index in [1.807, 2.05) is 4.68 Å². The Morgan fingerprint density at radius 3 is 2.87 bits per heavy atom. The summed E-state index contributed by atoms with van der Waals surface area (Å²) in [5.41, 5.74) is 0.137. The molecular weight excluding hydrogens is 230 g/mol. The van der Waals surface area contributed by atoms with E-state index in [1.165, 1.54) is 10.8 Å². The van der Waals surface area contributed by atoms with Crippen LogP contribution >= 0.6 is 22.5 Å². The van der Waals surface area contributed by atoms with Crippen LogP contribution in [0.4, 0.5) is 0 Å². The van der Waals surface area contributed by atoms with Gasteiger partial charge in [0.15, 0.2) is 5.82 Å².